The normalized spacial score (nSPS) is 19.1. The molecule has 2 fully saturated rings. The lowest BCUT2D eigenvalue weighted by Gasteiger charge is -2.36. The number of aromatic nitrogens is 1. The Balaban J connectivity index is 1.40. The Hall–Kier alpha value is -3.11. The molecule has 2 aliphatic heterocycles. The Morgan fingerprint density at radius 2 is 2.03 bits per heavy atom. The van der Waals surface area contributed by atoms with E-state index in [1.807, 2.05) is 29.2 Å². The van der Waals surface area contributed by atoms with E-state index in [0.29, 0.717) is 55.5 Å². The molecule has 1 unspecified atom stereocenters. The number of carbonyl (C=O) groups excluding carboxylic acids is 1. The van der Waals surface area contributed by atoms with E-state index >= 15 is 0 Å². The average Bonchev–Trinajstić information content (AvgIpc) is 3.31. The number of nitriles is 1. The van der Waals surface area contributed by atoms with Crippen molar-refractivity contribution in [3.63, 3.8) is 0 Å². The Morgan fingerprint density at radius 1 is 1.21 bits per heavy atom. The second kappa shape index (κ2) is 8.93. The van der Waals surface area contributed by atoms with Gasteiger partial charge in [-0.2, -0.15) is 5.26 Å². The lowest BCUT2D eigenvalue weighted by atomic mass is 10.1. The maximum atomic E-state index is 13.1. The van der Waals surface area contributed by atoms with Gasteiger partial charge in [0.1, 0.15) is 24.2 Å². The van der Waals surface area contributed by atoms with Crippen LogP contribution in [0.4, 0.5) is 5.82 Å². The number of pyridine rings is 1. The van der Waals surface area contributed by atoms with Crippen molar-refractivity contribution in [2.45, 2.75) is 18.9 Å². The van der Waals surface area contributed by atoms with Gasteiger partial charge in [0.15, 0.2) is 0 Å². The van der Waals surface area contributed by atoms with E-state index in [4.69, 9.17) is 9.47 Å². The van der Waals surface area contributed by atoms with Crippen molar-refractivity contribution in [3.8, 4) is 11.8 Å². The lowest BCUT2D eigenvalue weighted by Crippen LogP contribution is -2.49. The van der Waals surface area contributed by atoms with Gasteiger partial charge in [-0.15, -0.1) is 0 Å². The SMILES string of the molecule is N#Cc1cccnc1N1CCN(C(=O)c2ccccc2OCC2CCCO2)CC1. The highest BCUT2D eigenvalue weighted by atomic mass is 16.5. The topological polar surface area (TPSA) is 78.7 Å². The molecule has 0 aliphatic carbocycles. The second-order valence-corrected chi connectivity index (χ2v) is 7.21. The van der Waals surface area contributed by atoms with Crippen molar-refractivity contribution in [2.75, 3.05) is 44.3 Å². The third kappa shape index (κ3) is 4.33. The van der Waals surface area contributed by atoms with Gasteiger partial charge in [-0.05, 0) is 37.1 Å². The summed E-state index contributed by atoms with van der Waals surface area (Å²) in [7, 11) is 0. The third-order valence-electron chi connectivity index (χ3n) is 5.34. The Bertz CT molecular complexity index is 897. The van der Waals surface area contributed by atoms with E-state index in [1.54, 1.807) is 18.3 Å². The van der Waals surface area contributed by atoms with Gasteiger partial charge in [0.05, 0.1) is 17.2 Å². The third-order valence-corrected chi connectivity index (χ3v) is 5.34. The maximum Gasteiger partial charge on any atom is 0.257 e. The van der Waals surface area contributed by atoms with Crippen LogP contribution in [0, 0.1) is 11.3 Å². The summed E-state index contributed by atoms with van der Waals surface area (Å²) in [5.41, 5.74) is 1.13. The first-order valence-electron chi connectivity index (χ1n) is 9.99. The van der Waals surface area contributed by atoms with E-state index in [9.17, 15) is 10.1 Å². The van der Waals surface area contributed by atoms with Gasteiger partial charge in [-0.25, -0.2) is 4.98 Å². The minimum absolute atomic E-state index is 0.0332. The van der Waals surface area contributed by atoms with E-state index in [1.165, 1.54) is 0 Å². The molecule has 7 nitrogen and oxygen atoms in total. The summed E-state index contributed by atoms with van der Waals surface area (Å²) < 4.78 is 11.5. The molecule has 0 bridgehead atoms. The summed E-state index contributed by atoms with van der Waals surface area (Å²) in [5.74, 6) is 1.25. The second-order valence-electron chi connectivity index (χ2n) is 7.21. The number of hydrogen-bond donors (Lipinski definition) is 0. The molecule has 29 heavy (non-hydrogen) atoms. The molecular formula is C22H24N4O3. The lowest BCUT2D eigenvalue weighted by molar-refractivity contribution is 0.0648. The number of hydrogen-bond acceptors (Lipinski definition) is 6. The zero-order valence-electron chi connectivity index (χ0n) is 16.3. The molecule has 1 atom stereocenters. The van der Waals surface area contributed by atoms with E-state index in [2.05, 4.69) is 16.0 Å². The Morgan fingerprint density at radius 3 is 2.79 bits per heavy atom. The number of ether oxygens (including phenoxy) is 2. The molecule has 4 rings (SSSR count). The fourth-order valence-corrected chi connectivity index (χ4v) is 3.76. The summed E-state index contributed by atoms with van der Waals surface area (Å²) in [5, 5.41) is 9.29. The minimum Gasteiger partial charge on any atom is -0.490 e. The summed E-state index contributed by atoms with van der Waals surface area (Å²) in [6.07, 6.45) is 3.85. The van der Waals surface area contributed by atoms with Crippen LogP contribution >= 0.6 is 0 Å². The van der Waals surface area contributed by atoms with Crippen molar-refractivity contribution in [2.24, 2.45) is 0 Å². The zero-order chi connectivity index (χ0) is 20.1. The highest BCUT2D eigenvalue weighted by Gasteiger charge is 2.26. The predicted molar refractivity (Wildman–Crippen MR) is 108 cm³/mol. The van der Waals surface area contributed by atoms with Gasteiger partial charge in [0, 0.05) is 39.0 Å². The first-order valence-corrected chi connectivity index (χ1v) is 9.99. The standard InChI is InChI=1S/C22H24N4O3/c23-15-17-5-3-9-24-21(17)25-10-12-26(13-11-25)22(27)19-7-1-2-8-20(19)29-16-18-6-4-14-28-18/h1-3,5,7-9,18H,4,6,10-14,16H2. The summed E-state index contributed by atoms with van der Waals surface area (Å²) in [4.78, 5) is 21.3. The number of carbonyl (C=O) groups is 1. The molecule has 2 aromatic rings. The van der Waals surface area contributed by atoms with Crippen LogP contribution in [0.15, 0.2) is 42.6 Å². The van der Waals surface area contributed by atoms with E-state index < -0.39 is 0 Å². The van der Waals surface area contributed by atoms with Crippen LogP contribution in [0.5, 0.6) is 5.75 Å². The van der Waals surface area contributed by atoms with E-state index in [0.717, 1.165) is 19.4 Å². The van der Waals surface area contributed by atoms with Gasteiger partial charge < -0.3 is 19.3 Å². The molecule has 0 N–H and O–H groups in total. The molecular weight excluding hydrogens is 368 g/mol. The van der Waals surface area contributed by atoms with Gasteiger partial charge in [0.2, 0.25) is 0 Å². The average molecular weight is 392 g/mol. The number of amides is 1. The number of nitrogens with zero attached hydrogens (tertiary/aromatic N) is 4. The van der Waals surface area contributed by atoms with Crippen LogP contribution in [-0.2, 0) is 4.74 Å². The highest BCUT2D eigenvalue weighted by molar-refractivity contribution is 5.97. The van der Waals surface area contributed by atoms with Crippen molar-refractivity contribution >= 4 is 11.7 Å². The van der Waals surface area contributed by atoms with Crippen molar-refractivity contribution in [1.82, 2.24) is 9.88 Å². The molecule has 1 aromatic carbocycles. The first-order chi connectivity index (χ1) is 14.3. The first kappa shape index (κ1) is 19.2. The molecule has 0 saturated carbocycles. The zero-order valence-corrected chi connectivity index (χ0v) is 16.3. The molecule has 2 aliphatic rings. The predicted octanol–water partition coefficient (Wildman–Crippen LogP) is 2.47. The molecule has 1 aromatic heterocycles. The highest BCUT2D eigenvalue weighted by Crippen LogP contribution is 2.24. The monoisotopic (exact) mass is 392 g/mol. The van der Waals surface area contributed by atoms with Crippen LogP contribution in [0.3, 0.4) is 0 Å². The Labute approximate surface area is 170 Å². The van der Waals surface area contributed by atoms with Crippen molar-refractivity contribution in [3.05, 3.63) is 53.7 Å². The molecule has 2 saturated heterocycles. The number of rotatable bonds is 5. The summed E-state index contributed by atoms with van der Waals surface area (Å²) in [6.45, 7) is 3.66. The van der Waals surface area contributed by atoms with Gasteiger partial charge in [-0.1, -0.05) is 12.1 Å². The van der Waals surface area contributed by atoms with Crippen LogP contribution in [0.2, 0.25) is 0 Å². The molecule has 150 valence electrons. The molecule has 7 heteroatoms. The van der Waals surface area contributed by atoms with Crippen LogP contribution in [0.25, 0.3) is 0 Å². The Kier molecular flexibility index (Phi) is 5.92. The van der Waals surface area contributed by atoms with Gasteiger partial charge >= 0.3 is 0 Å². The maximum absolute atomic E-state index is 13.1. The fraction of sp³-hybridized carbons (Fsp3) is 0.409. The van der Waals surface area contributed by atoms with Crippen LogP contribution in [0.1, 0.15) is 28.8 Å². The summed E-state index contributed by atoms with van der Waals surface area (Å²) >= 11 is 0. The number of para-hydroxylation sites is 1. The van der Waals surface area contributed by atoms with Crippen LogP contribution in [-0.4, -0.2) is 61.3 Å². The van der Waals surface area contributed by atoms with E-state index in [-0.39, 0.29) is 12.0 Å². The van der Waals surface area contributed by atoms with Crippen molar-refractivity contribution in [1.29, 1.82) is 5.26 Å². The molecule has 1 amide bonds. The minimum atomic E-state index is -0.0332. The summed E-state index contributed by atoms with van der Waals surface area (Å²) in [6, 6.07) is 13.1. The number of benzene rings is 1. The number of piperazine rings is 1. The van der Waals surface area contributed by atoms with Crippen LogP contribution < -0.4 is 9.64 Å². The fourth-order valence-electron chi connectivity index (χ4n) is 3.76. The molecule has 3 heterocycles. The quantitative estimate of drug-likeness (QED) is 0.778. The molecule has 0 radical (unpaired) electrons. The van der Waals surface area contributed by atoms with Crippen molar-refractivity contribution < 1.29 is 14.3 Å². The largest absolute Gasteiger partial charge is 0.490 e. The van der Waals surface area contributed by atoms with Gasteiger partial charge in [-0.3, -0.25) is 4.79 Å². The molecule has 0 spiro atoms. The smallest absolute Gasteiger partial charge is 0.257 e. The van der Waals surface area contributed by atoms with Gasteiger partial charge in [0.25, 0.3) is 5.91 Å². The number of anilines is 1.